The highest BCUT2D eigenvalue weighted by atomic mass is 19.1. The zero-order chi connectivity index (χ0) is 21.3. The van der Waals surface area contributed by atoms with E-state index in [1.165, 1.54) is 12.1 Å². The summed E-state index contributed by atoms with van der Waals surface area (Å²) in [6.07, 6.45) is 0. The highest BCUT2D eigenvalue weighted by Crippen LogP contribution is 2.27. The van der Waals surface area contributed by atoms with Crippen molar-refractivity contribution in [3.05, 3.63) is 107 Å². The Morgan fingerprint density at radius 1 is 0.967 bits per heavy atom. The first-order valence-corrected chi connectivity index (χ1v) is 9.91. The fourth-order valence-corrected chi connectivity index (χ4v) is 3.55. The van der Waals surface area contributed by atoms with Gasteiger partial charge in [-0.1, -0.05) is 66.7 Å². The summed E-state index contributed by atoms with van der Waals surface area (Å²) in [5.74, 6) is -0.348. The molecule has 1 N–H and O–H groups in total. The summed E-state index contributed by atoms with van der Waals surface area (Å²) < 4.78 is 18.6. The lowest BCUT2D eigenvalue weighted by atomic mass is 9.97. The minimum Gasteiger partial charge on any atom is -0.380 e. The second-order valence-electron chi connectivity index (χ2n) is 7.31. The third-order valence-corrected chi connectivity index (χ3v) is 4.93. The van der Waals surface area contributed by atoms with E-state index in [0.717, 1.165) is 22.3 Å². The van der Waals surface area contributed by atoms with Crippen molar-refractivity contribution in [2.75, 3.05) is 20.7 Å². The number of likely N-dealkylation sites (N-methyl/N-ethyl adjacent to an activating group) is 1. The number of nitrogens with zero attached hydrogens (tertiary/aromatic N) is 1. The summed E-state index contributed by atoms with van der Waals surface area (Å²) >= 11 is 0. The van der Waals surface area contributed by atoms with E-state index >= 15 is 0 Å². The van der Waals surface area contributed by atoms with Crippen molar-refractivity contribution < 1.29 is 13.9 Å². The molecule has 0 spiro atoms. The van der Waals surface area contributed by atoms with Crippen LogP contribution in [0.25, 0.3) is 0 Å². The molecule has 1 amide bonds. The molecule has 0 bridgehead atoms. The van der Waals surface area contributed by atoms with E-state index in [0.29, 0.717) is 13.2 Å². The number of rotatable bonds is 9. The van der Waals surface area contributed by atoms with Crippen LogP contribution in [0.5, 0.6) is 0 Å². The smallest absolute Gasteiger partial charge is 0.234 e. The predicted octanol–water partition coefficient (Wildman–Crippen LogP) is 4.31. The molecule has 1 atom stereocenters. The molecular weight excluding hydrogens is 379 g/mol. The van der Waals surface area contributed by atoms with E-state index in [2.05, 4.69) is 5.32 Å². The number of benzene rings is 3. The van der Waals surface area contributed by atoms with Gasteiger partial charge < -0.3 is 10.1 Å². The van der Waals surface area contributed by atoms with Gasteiger partial charge in [0.2, 0.25) is 5.91 Å². The summed E-state index contributed by atoms with van der Waals surface area (Å²) in [5, 5.41) is 2.98. The van der Waals surface area contributed by atoms with Crippen LogP contribution in [0.4, 0.5) is 4.39 Å². The number of amides is 1. The molecule has 0 aliphatic carbocycles. The Labute approximate surface area is 177 Å². The van der Waals surface area contributed by atoms with E-state index in [9.17, 15) is 9.18 Å². The molecule has 0 heterocycles. The summed E-state index contributed by atoms with van der Waals surface area (Å²) in [6, 6.07) is 24.2. The molecule has 3 rings (SSSR count). The fraction of sp³-hybridized carbons (Fsp3) is 0.240. The van der Waals surface area contributed by atoms with Crippen LogP contribution in [0.2, 0.25) is 0 Å². The van der Waals surface area contributed by atoms with Crippen LogP contribution in [0.15, 0.2) is 78.9 Å². The number of hydrogen-bond donors (Lipinski definition) is 1. The van der Waals surface area contributed by atoms with Crippen LogP contribution in [0.3, 0.4) is 0 Å². The first-order chi connectivity index (χ1) is 14.6. The molecule has 5 heteroatoms. The van der Waals surface area contributed by atoms with E-state index in [1.54, 1.807) is 19.2 Å². The monoisotopic (exact) mass is 406 g/mol. The molecule has 30 heavy (non-hydrogen) atoms. The molecule has 3 aromatic carbocycles. The van der Waals surface area contributed by atoms with Crippen molar-refractivity contribution in [1.29, 1.82) is 0 Å². The Morgan fingerprint density at radius 2 is 1.63 bits per heavy atom. The number of methoxy groups -OCH3 is 1. The van der Waals surface area contributed by atoms with Gasteiger partial charge >= 0.3 is 0 Å². The average Bonchev–Trinajstić information content (AvgIpc) is 2.75. The maximum Gasteiger partial charge on any atom is 0.234 e. The predicted molar refractivity (Wildman–Crippen MR) is 116 cm³/mol. The summed E-state index contributed by atoms with van der Waals surface area (Å²) in [7, 11) is 3.56. The third-order valence-electron chi connectivity index (χ3n) is 4.93. The average molecular weight is 407 g/mol. The van der Waals surface area contributed by atoms with Gasteiger partial charge in [-0.05, 0) is 41.4 Å². The third kappa shape index (κ3) is 5.99. The van der Waals surface area contributed by atoms with Crippen LogP contribution < -0.4 is 5.32 Å². The topological polar surface area (TPSA) is 41.6 Å². The standard InChI is InChI=1S/C25H27FN2O2/c1-28(17-24(29)27-16-19-7-6-8-20(15-19)18-30-2)25(21-9-4-3-5-10-21)22-11-13-23(26)14-12-22/h3-15,25H,16-18H2,1-2H3,(H,27,29). The molecule has 0 aliphatic heterocycles. The summed E-state index contributed by atoms with van der Waals surface area (Å²) in [4.78, 5) is 14.6. The quantitative estimate of drug-likeness (QED) is 0.576. The maximum absolute atomic E-state index is 13.4. The van der Waals surface area contributed by atoms with Crippen molar-refractivity contribution in [3.63, 3.8) is 0 Å². The molecule has 4 nitrogen and oxygen atoms in total. The van der Waals surface area contributed by atoms with E-state index in [4.69, 9.17) is 4.74 Å². The minimum atomic E-state index is -0.276. The Balaban J connectivity index is 1.67. The second kappa shape index (κ2) is 10.7. The van der Waals surface area contributed by atoms with Gasteiger partial charge in [-0.25, -0.2) is 4.39 Å². The first-order valence-electron chi connectivity index (χ1n) is 9.91. The molecule has 1 unspecified atom stereocenters. The van der Waals surface area contributed by atoms with Crippen molar-refractivity contribution in [2.45, 2.75) is 19.2 Å². The Bertz CT molecular complexity index is 945. The van der Waals surface area contributed by atoms with Crippen LogP contribution in [0, 0.1) is 5.82 Å². The molecule has 0 aromatic heterocycles. The Kier molecular flexibility index (Phi) is 7.71. The number of halogens is 1. The molecule has 0 saturated carbocycles. The lowest BCUT2D eigenvalue weighted by molar-refractivity contribution is -0.122. The molecule has 156 valence electrons. The molecule has 0 fully saturated rings. The lowest BCUT2D eigenvalue weighted by Gasteiger charge is -2.28. The number of carbonyl (C=O) groups excluding carboxylic acids is 1. The van der Waals surface area contributed by atoms with Gasteiger partial charge in [-0.15, -0.1) is 0 Å². The normalized spacial score (nSPS) is 12.0. The zero-order valence-corrected chi connectivity index (χ0v) is 17.3. The fourth-order valence-electron chi connectivity index (χ4n) is 3.55. The van der Waals surface area contributed by atoms with Crippen LogP contribution in [-0.4, -0.2) is 31.5 Å². The van der Waals surface area contributed by atoms with Crippen LogP contribution >= 0.6 is 0 Å². The highest BCUT2D eigenvalue weighted by molar-refractivity contribution is 5.78. The molecular formula is C25H27FN2O2. The van der Waals surface area contributed by atoms with E-state index in [1.807, 2.05) is 66.5 Å². The second-order valence-corrected chi connectivity index (χ2v) is 7.31. The number of ether oxygens (including phenoxy) is 1. The molecule has 0 saturated heterocycles. The van der Waals surface area contributed by atoms with Gasteiger partial charge in [-0.3, -0.25) is 9.69 Å². The molecule has 0 radical (unpaired) electrons. The minimum absolute atomic E-state index is 0.0716. The molecule has 3 aromatic rings. The van der Waals surface area contributed by atoms with Crippen molar-refractivity contribution >= 4 is 5.91 Å². The van der Waals surface area contributed by atoms with Crippen molar-refractivity contribution in [3.8, 4) is 0 Å². The van der Waals surface area contributed by atoms with Gasteiger partial charge in [-0.2, -0.15) is 0 Å². The van der Waals surface area contributed by atoms with Gasteiger partial charge in [0.25, 0.3) is 0 Å². The Hall–Kier alpha value is -3.02. The van der Waals surface area contributed by atoms with Gasteiger partial charge in [0.1, 0.15) is 5.82 Å². The van der Waals surface area contributed by atoms with Gasteiger partial charge in [0, 0.05) is 13.7 Å². The maximum atomic E-state index is 13.4. The summed E-state index contributed by atoms with van der Waals surface area (Å²) in [5.41, 5.74) is 4.08. The van der Waals surface area contributed by atoms with Gasteiger partial charge in [0.05, 0.1) is 19.2 Å². The van der Waals surface area contributed by atoms with Crippen molar-refractivity contribution in [1.82, 2.24) is 10.2 Å². The lowest BCUT2D eigenvalue weighted by Crippen LogP contribution is -2.37. The summed E-state index contributed by atoms with van der Waals surface area (Å²) in [6.45, 7) is 1.21. The highest BCUT2D eigenvalue weighted by Gasteiger charge is 2.21. The zero-order valence-electron chi connectivity index (χ0n) is 17.3. The van der Waals surface area contributed by atoms with E-state index in [-0.39, 0.29) is 24.3 Å². The largest absolute Gasteiger partial charge is 0.380 e. The van der Waals surface area contributed by atoms with E-state index < -0.39 is 0 Å². The SMILES string of the molecule is COCc1cccc(CNC(=O)CN(C)C(c2ccccc2)c2ccc(F)cc2)c1. The number of hydrogen-bond acceptors (Lipinski definition) is 3. The first kappa shape index (κ1) is 21.7. The molecule has 0 aliphatic rings. The van der Waals surface area contributed by atoms with Gasteiger partial charge in [0.15, 0.2) is 0 Å². The van der Waals surface area contributed by atoms with Crippen LogP contribution in [0.1, 0.15) is 28.3 Å². The number of carbonyl (C=O) groups is 1. The Morgan fingerprint density at radius 3 is 2.33 bits per heavy atom. The van der Waals surface area contributed by atoms with Crippen LogP contribution in [-0.2, 0) is 22.7 Å². The van der Waals surface area contributed by atoms with Crippen molar-refractivity contribution in [2.24, 2.45) is 0 Å². The number of nitrogens with one attached hydrogen (secondary N) is 1.